The highest BCUT2D eigenvalue weighted by Crippen LogP contribution is 2.21. The lowest BCUT2D eigenvalue weighted by Crippen LogP contribution is -2.28. The predicted molar refractivity (Wildman–Crippen MR) is 91.6 cm³/mol. The third kappa shape index (κ3) is 4.36. The van der Waals surface area contributed by atoms with Gasteiger partial charge in [-0.05, 0) is 5.56 Å². The van der Waals surface area contributed by atoms with Crippen molar-refractivity contribution in [3.8, 4) is 0 Å². The van der Waals surface area contributed by atoms with Crippen molar-refractivity contribution >= 4 is 33.0 Å². The summed E-state index contributed by atoms with van der Waals surface area (Å²) in [6.07, 6.45) is -4.94. The first-order valence-electron chi connectivity index (χ1n) is 7.41. The number of fused-ring (bicyclic) bond motifs is 1. The molecule has 3 rings (SSSR count). The van der Waals surface area contributed by atoms with Gasteiger partial charge in [-0.3, -0.25) is 9.29 Å². The van der Waals surface area contributed by atoms with Crippen LogP contribution in [0.25, 0.3) is 11.2 Å². The molecule has 0 saturated heterocycles. The number of nitrogens with one attached hydrogen (secondary N) is 2. The minimum absolute atomic E-state index is 0.0407. The van der Waals surface area contributed by atoms with Crippen molar-refractivity contribution in [3.05, 3.63) is 46.4 Å². The Morgan fingerprint density at radius 1 is 1.19 bits per heavy atom. The van der Waals surface area contributed by atoms with Crippen LogP contribution in [0.3, 0.4) is 0 Å². The van der Waals surface area contributed by atoms with Gasteiger partial charge in [-0.1, -0.05) is 30.3 Å². The van der Waals surface area contributed by atoms with Gasteiger partial charge in [0.25, 0.3) is 0 Å². The molecule has 2 heterocycles. The van der Waals surface area contributed by atoms with Gasteiger partial charge in [0.2, 0.25) is 16.0 Å². The number of aromatic amines is 1. The number of nitrogens with two attached hydrogens (primary N) is 1. The lowest BCUT2D eigenvalue weighted by atomic mass is 10.2. The molecule has 27 heavy (non-hydrogen) atoms. The zero-order valence-electron chi connectivity index (χ0n) is 13.5. The number of sulfonamides is 1. The summed E-state index contributed by atoms with van der Waals surface area (Å²) in [4.78, 5) is 22.1. The van der Waals surface area contributed by atoms with Crippen LogP contribution < -0.4 is 16.1 Å². The van der Waals surface area contributed by atoms with Crippen LogP contribution in [0.15, 0.2) is 35.1 Å². The van der Waals surface area contributed by atoms with Crippen LogP contribution in [0.4, 0.5) is 24.9 Å². The average Bonchev–Trinajstić information content (AvgIpc) is 2.83. The van der Waals surface area contributed by atoms with Crippen molar-refractivity contribution in [2.75, 3.05) is 16.2 Å². The molecule has 0 amide bonds. The fraction of sp³-hybridized carbons (Fsp3) is 0.214. The fourth-order valence-corrected chi connectivity index (χ4v) is 3.27. The number of alkyl halides is 3. The minimum atomic E-state index is -4.94. The van der Waals surface area contributed by atoms with Crippen LogP contribution in [-0.4, -0.2) is 39.9 Å². The number of hydrogen-bond acceptors (Lipinski definition) is 6. The summed E-state index contributed by atoms with van der Waals surface area (Å²) in [5.41, 5.74) is 5.87. The molecule has 1 aromatic carbocycles. The van der Waals surface area contributed by atoms with Gasteiger partial charge in [0.05, 0.1) is 6.54 Å². The highest BCUT2D eigenvalue weighted by Gasteiger charge is 2.35. The average molecular weight is 402 g/mol. The van der Waals surface area contributed by atoms with Gasteiger partial charge in [-0.2, -0.15) is 23.1 Å². The van der Waals surface area contributed by atoms with Crippen LogP contribution in [0.1, 0.15) is 5.56 Å². The SMILES string of the molecule is Nc1nc(NS(=O)(=O)CC(F)(F)F)nc2c1[nH]c(=O)n2Cc1ccccc1. The molecule has 0 unspecified atom stereocenters. The van der Waals surface area contributed by atoms with Gasteiger partial charge < -0.3 is 10.7 Å². The number of nitrogens with zero attached hydrogens (tertiary/aromatic N) is 3. The first kappa shape index (κ1) is 18.7. The topological polar surface area (TPSA) is 136 Å². The second kappa shape index (κ2) is 6.57. The summed E-state index contributed by atoms with van der Waals surface area (Å²) >= 11 is 0. The zero-order valence-corrected chi connectivity index (χ0v) is 14.3. The molecule has 3 aromatic rings. The lowest BCUT2D eigenvalue weighted by molar-refractivity contribution is -0.106. The molecule has 0 bridgehead atoms. The smallest absolute Gasteiger partial charge is 0.382 e. The summed E-state index contributed by atoms with van der Waals surface area (Å²) in [7, 11) is -4.80. The molecule has 0 saturated carbocycles. The van der Waals surface area contributed by atoms with Gasteiger partial charge in [0.15, 0.2) is 17.2 Å². The van der Waals surface area contributed by atoms with E-state index in [0.717, 1.165) is 5.56 Å². The number of H-pyrrole nitrogens is 1. The van der Waals surface area contributed by atoms with E-state index < -0.39 is 33.6 Å². The van der Waals surface area contributed by atoms with Crippen LogP contribution in [0, 0.1) is 0 Å². The molecule has 13 heteroatoms. The van der Waals surface area contributed by atoms with Gasteiger partial charge >= 0.3 is 11.9 Å². The van der Waals surface area contributed by atoms with E-state index in [4.69, 9.17) is 5.73 Å². The lowest BCUT2D eigenvalue weighted by Gasteiger charge is -2.10. The molecule has 0 radical (unpaired) electrons. The zero-order chi connectivity index (χ0) is 19.8. The van der Waals surface area contributed by atoms with E-state index in [-0.39, 0.29) is 23.5 Å². The van der Waals surface area contributed by atoms with Crippen molar-refractivity contribution < 1.29 is 21.6 Å². The van der Waals surface area contributed by atoms with Crippen LogP contribution in [0.2, 0.25) is 0 Å². The molecule has 9 nitrogen and oxygen atoms in total. The highest BCUT2D eigenvalue weighted by atomic mass is 32.2. The summed E-state index contributed by atoms with van der Waals surface area (Å²) in [6.45, 7) is 0.0882. The Labute approximate surface area is 150 Å². The summed E-state index contributed by atoms with van der Waals surface area (Å²) in [5.74, 6) is -3.05. The van der Waals surface area contributed by atoms with Crippen molar-refractivity contribution in [2.45, 2.75) is 12.7 Å². The van der Waals surface area contributed by atoms with Gasteiger partial charge in [-0.15, -0.1) is 0 Å². The van der Waals surface area contributed by atoms with E-state index in [1.807, 2.05) is 0 Å². The molecule has 0 atom stereocenters. The number of aromatic nitrogens is 4. The van der Waals surface area contributed by atoms with Gasteiger partial charge in [-0.25, -0.2) is 13.2 Å². The molecular formula is C14H13F3N6O3S. The van der Waals surface area contributed by atoms with Crippen molar-refractivity contribution in [1.82, 2.24) is 19.5 Å². The van der Waals surface area contributed by atoms with Gasteiger partial charge in [0, 0.05) is 0 Å². The minimum Gasteiger partial charge on any atom is -0.382 e. The van der Waals surface area contributed by atoms with Gasteiger partial charge in [0.1, 0.15) is 5.52 Å². The second-order valence-corrected chi connectivity index (χ2v) is 7.33. The molecule has 0 spiro atoms. The molecule has 0 fully saturated rings. The maximum atomic E-state index is 12.4. The van der Waals surface area contributed by atoms with Crippen molar-refractivity contribution in [1.29, 1.82) is 0 Å². The number of rotatable bonds is 5. The maximum Gasteiger partial charge on any atom is 0.404 e. The monoisotopic (exact) mass is 402 g/mol. The van der Waals surface area contributed by atoms with Crippen molar-refractivity contribution in [3.63, 3.8) is 0 Å². The van der Waals surface area contributed by atoms with Crippen LogP contribution >= 0.6 is 0 Å². The summed E-state index contributed by atoms with van der Waals surface area (Å²) < 4.78 is 63.1. The molecule has 144 valence electrons. The van der Waals surface area contributed by atoms with E-state index >= 15 is 0 Å². The number of imidazole rings is 1. The number of halogens is 3. The molecule has 0 aliphatic heterocycles. The third-order valence-electron chi connectivity index (χ3n) is 3.43. The molecule has 0 aliphatic carbocycles. The molecule has 4 N–H and O–H groups in total. The summed E-state index contributed by atoms with van der Waals surface area (Å²) in [5, 5.41) is 0. The van der Waals surface area contributed by atoms with E-state index in [1.165, 1.54) is 4.57 Å². The van der Waals surface area contributed by atoms with Crippen molar-refractivity contribution in [2.24, 2.45) is 0 Å². The number of benzene rings is 1. The Bertz CT molecular complexity index is 1140. The largest absolute Gasteiger partial charge is 0.404 e. The number of nitrogen functional groups attached to an aromatic ring is 1. The maximum absolute atomic E-state index is 12.4. The quantitative estimate of drug-likeness (QED) is 0.584. The normalized spacial score (nSPS) is 12.4. The van der Waals surface area contributed by atoms with E-state index in [9.17, 15) is 26.4 Å². The van der Waals surface area contributed by atoms with E-state index in [0.29, 0.717) is 0 Å². The van der Waals surface area contributed by atoms with Crippen LogP contribution in [-0.2, 0) is 16.6 Å². The Kier molecular flexibility index (Phi) is 4.55. The standard InChI is InChI=1S/C14H13F3N6O3S/c15-14(16,17)7-27(25,26)22-12-20-10(18)9-11(21-12)23(13(24)19-9)6-8-4-2-1-3-5-8/h1-5H,6-7H2,(H,19,24)(H3,18,20,21,22). The van der Waals surface area contributed by atoms with E-state index in [2.05, 4.69) is 15.0 Å². The second-order valence-electron chi connectivity index (χ2n) is 5.61. The third-order valence-corrected chi connectivity index (χ3v) is 4.64. The number of hydrogen-bond donors (Lipinski definition) is 3. The first-order valence-corrected chi connectivity index (χ1v) is 9.06. The van der Waals surface area contributed by atoms with Crippen LogP contribution in [0.5, 0.6) is 0 Å². The Hall–Kier alpha value is -3.09. The number of anilines is 2. The molecule has 2 aromatic heterocycles. The Morgan fingerprint density at radius 3 is 2.48 bits per heavy atom. The molecular weight excluding hydrogens is 389 g/mol. The summed E-state index contributed by atoms with van der Waals surface area (Å²) in [6, 6.07) is 8.81. The van der Waals surface area contributed by atoms with E-state index in [1.54, 1.807) is 35.1 Å². The fourth-order valence-electron chi connectivity index (χ4n) is 2.40. The molecule has 0 aliphatic rings. The highest BCUT2D eigenvalue weighted by molar-refractivity contribution is 7.92. The Morgan fingerprint density at radius 2 is 1.85 bits per heavy atom. The predicted octanol–water partition coefficient (Wildman–Crippen LogP) is 1.05. The first-order chi connectivity index (χ1) is 12.5. The Balaban J connectivity index is 2.02.